The molecule has 0 bridgehead atoms. The molecule has 0 aromatic rings. The molecule has 9 atom stereocenters. The fraction of sp³-hybridized carbons (Fsp3) is 1.00. The minimum absolute atomic E-state index is 0.290. The van der Waals surface area contributed by atoms with Gasteiger partial charge in [0.1, 0.15) is 0 Å². The first-order chi connectivity index (χ1) is 15.4. The monoisotopic (exact) mass is 524 g/mol. The van der Waals surface area contributed by atoms with Crippen molar-refractivity contribution in [2.45, 2.75) is 142 Å². The predicted octanol–water partition coefficient (Wildman–Crippen LogP) is 8.30. The van der Waals surface area contributed by atoms with Crippen LogP contribution in [-0.2, 0) is 13.3 Å². The van der Waals surface area contributed by atoms with Gasteiger partial charge in [-0.3, -0.25) is 0 Å². The number of rotatable bonds is 6. The van der Waals surface area contributed by atoms with Gasteiger partial charge in [-0.25, -0.2) is 0 Å². The van der Waals surface area contributed by atoms with Gasteiger partial charge in [0, 0.05) is 0 Å². The van der Waals surface area contributed by atoms with E-state index in [1.54, 1.807) is 0 Å². The van der Waals surface area contributed by atoms with Crippen molar-refractivity contribution < 1.29 is 13.3 Å². The average molecular weight is 525 g/mol. The summed E-state index contributed by atoms with van der Waals surface area (Å²) in [4.78, 5) is 0. The number of hydrogen-bond acceptors (Lipinski definition) is 3. The summed E-state index contributed by atoms with van der Waals surface area (Å²) in [6.45, 7) is 26.5. The van der Waals surface area contributed by atoms with Gasteiger partial charge in [-0.1, -0.05) is 13.8 Å². The Labute approximate surface area is 214 Å². The van der Waals surface area contributed by atoms with E-state index in [2.05, 4.69) is 72.8 Å². The van der Waals surface area contributed by atoms with Gasteiger partial charge in [-0.15, -0.1) is 0 Å². The van der Waals surface area contributed by atoms with Gasteiger partial charge in [0.15, 0.2) is 25.0 Å². The quantitative estimate of drug-likeness (QED) is 0.327. The highest BCUT2D eigenvalue weighted by Gasteiger charge is 2.62. The molecule has 0 spiro atoms. The summed E-state index contributed by atoms with van der Waals surface area (Å²) in [6, 6.07) is 0. The third-order valence-corrected chi connectivity index (χ3v) is 13.1. The van der Waals surface area contributed by atoms with Crippen molar-refractivity contribution >= 4 is 25.0 Å². The molecule has 3 unspecified atom stereocenters. The van der Waals surface area contributed by atoms with Gasteiger partial charge >= 0.3 is 0 Å². The predicted molar refractivity (Wildman–Crippen MR) is 152 cm³/mol. The zero-order valence-electron chi connectivity index (χ0n) is 24.4. The maximum absolute atomic E-state index is 6.93. The average Bonchev–Trinajstić information content (AvgIpc) is 2.95. The van der Waals surface area contributed by atoms with Gasteiger partial charge < -0.3 is 13.3 Å². The highest BCUT2D eigenvalue weighted by Crippen LogP contribution is 2.67. The molecule has 4 fully saturated rings. The molecule has 4 aliphatic rings. The van der Waals surface area contributed by atoms with Crippen LogP contribution in [-0.4, -0.2) is 43.3 Å². The molecule has 4 aliphatic carbocycles. The van der Waals surface area contributed by atoms with Gasteiger partial charge in [0.05, 0.1) is 18.3 Å². The first-order valence-corrected chi connectivity index (χ1v) is 24.7. The summed E-state index contributed by atoms with van der Waals surface area (Å²) < 4.78 is 20.6. The molecule has 0 amide bonds. The maximum Gasteiger partial charge on any atom is 0.184 e. The van der Waals surface area contributed by atoms with E-state index in [1.807, 2.05) is 0 Å². The molecule has 198 valence electrons. The van der Waals surface area contributed by atoms with E-state index >= 15 is 0 Å². The Balaban J connectivity index is 1.57. The van der Waals surface area contributed by atoms with Gasteiger partial charge in [-0.2, -0.15) is 0 Å². The fourth-order valence-corrected chi connectivity index (χ4v) is 12.5. The summed E-state index contributed by atoms with van der Waals surface area (Å²) in [7, 11) is -4.76. The van der Waals surface area contributed by atoms with Crippen LogP contribution in [0.25, 0.3) is 0 Å². The summed E-state index contributed by atoms with van der Waals surface area (Å²) in [5.74, 6) is 3.40. The van der Waals surface area contributed by atoms with E-state index in [-0.39, 0.29) is 0 Å². The molecule has 0 saturated heterocycles. The summed E-state index contributed by atoms with van der Waals surface area (Å²) in [6.07, 6.45) is 11.8. The number of fused-ring (bicyclic) bond motifs is 5. The van der Waals surface area contributed by atoms with Crippen molar-refractivity contribution in [1.29, 1.82) is 0 Å². The lowest BCUT2D eigenvalue weighted by Crippen LogP contribution is -2.59. The van der Waals surface area contributed by atoms with Crippen molar-refractivity contribution in [2.75, 3.05) is 0 Å². The molecule has 6 heteroatoms. The van der Waals surface area contributed by atoms with E-state index in [9.17, 15) is 0 Å². The van der Waals surface area contributed by atoms with E-state index < -0.39 is 25.0 Å². The minimum atomic E-state index is -1.64. The van der Waals surface area contributed by atoms with E-state index in [0.29, 0.717) is 29.1 Å². The van der Waals surface area contributed by atoms with Crippen LogP contribution >= 0.6 is 0 Å². The first-order valence-electron chi connectivity index (χ1n) is 14.4. The zero-order valence-corrected chi connectivity index (χ0v) is 27.4. The standard InChI is InChI=1S/C28H56O3Si3/c1-27-17-16-23-21(22(27)14-15-26(27)31-34(9,10)11)13-12-20-18-24(29-32(3,4)5)25(19-28(20,23)2)30-33(6,7)8/h20-26H,12-19H2,1-11H3/t20-,21?,22?,23?,24+,25-,26-,27-,28-/m0/s1. The molecule has 4 saturated carbocycles. The molecular weight excluding hydrogens is 469 g/mol. The summed E-state index contributed by atoms with van der Waals surface area (Å²) >= 11 is 0. The molecular formula is C28H56O3Si3. The van der Waals surface area contributed by atoms with Crippen molar-refractivity contribution in [3.05, 3.63) is 0 Å². The van der Waals surface area contributed by atoms with E-state index in [1.165, 1.54) is 51.4 Å². The number of hydrogen-bond donors (Lipinski definition) is 0. The Kier molecular flexibility index (Phi) is 7.36. The maximum atomic E-state index is 6.93. The Morgan fingerprint density at radius 2 is 1.15 bits per heavy atom. The Bertz CT molecular complexity index is 739. The van der Waals surface area contributed by atoms with Crippen molar-refractivity contribution in [2.24, 2.45) is 34.5 Å². The first kappa shape index (κ1) is 27.6. The van der Waals surface area contributed by atoms with Crippen LogP contribution in [0.15, 0.2) is 0 Å². The Morgan fingerprint density at radius 1 is 0.588 bits per heavy atom. The van der Waals surface area contributed by atoms with Crippen molar-refractivity contribution in [1.82, 2.24) is 0 Å². The molecule has 0 aromatic carbocycles. The molecule has 0 N–H and O–H groups in total. The summed E-state index contributed by atoms with van der Waals surface area (Å²) in [5, 5.41) is 0. The van der Waals surface area contributed by atoms with Gasteiger partial charge in [0.25, 0.3) is 0 Å². The van der Waals surface area contributed by atoms with Crippen molar-refractivity contribution in [3.63, 3.8) is 0 Å². The van der Waals surface area contributed by atoms with Crippen LogP contribution in [0.5, 0.6) is 0 Å². The second-order valence-electron chi connectivity index (χ2n) is 16.0. The Hall–Kier alpha value is 0.531. The molecule has 4 rings (SSSR count). The second-order valence-corrected chi connectivity index (χ2v) is 29.4. The van der Waals surface area contributed by atoms with Crippen LogP contribution in [0.1, 0.15) is 65.2 Å². The highest BCUT2D eigenvalue weighted by molar-refractivity contribution is 6.70. The largest absolute Gasteiger partial charge is 0.414 e. The normalized spacial score (nSPS) is 45.4. The molecule has 0 aromatic heterocycles. The van der Waals surface area contributed by atoms with Gasteiger partial charge in [0.2, 0.25) is 0 Å². The third-order valence-electron chi connectivity index (χ3n) is 10.1. The molecule has 0 heterocycles. The third kappa shape index (κ3) is 5.52. The van der Waals surface area contributed by atoms with Crippen LogP contribution in [0.4, 0.5) is 0 Å². The SMILES string of the molecule is C[C@]12CCC3C(CC[C@H]4C[C@@H](O[Si](C)(C)C)[C@@H](O[Si](C)(C)C)C[C@]34C)C1CC[C@@H]2O[Si](C)(C)C. The van der Waals surface area contributed by atoms with Crippen LogP contribution in [0.2, 0.25) is 58.9 Å². The van der Waals surface area contributed by atoms with Gasteiger partial charge in [-0.05, 0) is 145 Å². The molecule has 34 heavy (non-hydrogen) atoms. The second kappa shape index (κ2) is 9.07. The lowest BCUT2D eigenvalue weighted by atomic mass is 9.45. The topological polar surface area (TPSA) is 27.7 Å². The van der Waals surface area contributed by atoms with E-state index in [4.69, 9.17) is 13.3 Å². The zero-order chi connectivity index (χ0) is 25.3. The Morgan fingerprint density at radius 3 is 1.74 bits per heavy atom. The molecule has 3 nitrogen and oxygen atoms in total. The van der Waals surface area contributed by atoms with Crippen LogP contribution < -0.4 is 0 Å². The lowest BCUT2D eigenvalue weighted by molar-refractivity contribution is -0.155. The van der Waals surface area contributed by atoms with E-state index in [0.717, 1.165) is 23.7 Å². The van der Waals surface area contributed by atoms with Crippen molar-refractivity contribution in [3.8, 4) is 0 Å². The molecule has 0 radical (unpaired) electrons. The fourth-order valence-electron chi connectivity index (χ4n) is 8.96. The lowest BCUT2D eigenvalue weighted by Gasteiger charge is -2.62. The van der Waals surface area contributed by atoms with Crippen LogP contribution in [0, 0.1) is 34.5 Å². The summed E-state index contributed by atoms with van der Waals surface area (Å²) in [5.41, 5.74) is 0.808. The minimum Gasteiger partial charge on any atom is -0.414 e. The molecule has 0 aliphatic heterocycles. The smallest absolute Gasteiger partial charge is 0.184 e. The highest BCUT2D eigenvalue weighted by atomic mass is 28.4. The van der Waals surface area contributed by atoms with Crippen LogP contribution in [0.3, 0.4) is 0 Å².